The third kappa shape index (κ3) is 2.12. The van der Waals surface area contributed by atoms with Crippen LogP contribution in [0.3, 0.4) is 0 Å². The highest BCUT2D eigenvalue weighted by molar-refractivity contribution is 6.76. The number of rotatable bonds is 0. The molecule has 1 radical (unpaired) electrons. The average Bonchev–Trinajstić information content (AvgIpc) is 2.34. The summed E-state index contributed by atoms with van der Waals surface area (Å²) in [4.78, 5) is 11.1. The monoisotopic (exact) mass is 210 g/mol. The second kappa shape index (κ2) is 3.05. The number of aromatic nitrogens is 1. The molecule has 1 aromatic heterocycles. The van der Waals surface area contributed by atoms with Gasteiger partial charge in [0.05, 0.1) is 6.20 Å². The summed E-state index contributed by atoms with van der Waals surface area (Å²) < 4.78 is -0.817. The summed E-state index contributed by atoms with van der Waals surface area (Å²) in [5.41, 5.74) is 0. The predicted molar refractivity (Wildman–Crippen MR) is 44.2 cm³/mol. The fraction of sp³-hybridized carbons (Fsp3) is 0.167. The molecule has 0 aliphatic heterocycles. The molecule has 0 atom stereocenters. The van der Waals surface area contributed by atoms with Gasteiger partial charge in [-0.15, -0.1) is 0 Å². The van der Waals surface area contributed by atoms with Crippen LogP contribution in [-0.4, -0.2) is 14.3 Å². The summed E-state index contributed by atoms with van der Waals surface area (Å²) in [7, 11) is 0. The second-order valence-corrected chi connectivity index (χ2v) is 4.09. The van der Waals surface area contributed by atoms with Crippen LogP contribution >= 0.6 is 34.8 Å². The summed E-state index contributed by atoms with van der Waals surface area (Å²) in [5.74, 6) is -0.632. The van der Waals surface area contributed by atoms with Gasteiger partial charge in [-0.25, -0.2) is 0 Å². The number of hydrogen-bond donors (Lipinski definition) is 0. The van der Waals surface area contributed by atoms with Gasteiger partial charge in [-0.2, -0.15) is 0 Å². The second-order valence-electron chi connectivity index (χ2n) is 1.81. The van der Waals surface area contributed by atoms with Crippen molar-refractivity contribution in [2.45, 2.75) is 3.79 Å². The van der Waals surface area contributed by atoms with Gasteiger partial charge in [0.2, 0.25) is 0 Å². The van der Waals surface area contributed by atoms with Gasteiger partial charge in [-0.3, -0.25) is 9.36 Å². The highest BCUT2D eigenvalue weighted by Gasteiger charge is 2.31. The lowest BCUT2D eigenvalue weighted by molar-refractivity contribution is 0.0917. The van der Waals surface area contributed by atoms with Crippen molar-refractivity contribution in [2.75, 3.05) is 0 Å². The average molecular weight is 211 g/mol. The molecule has 1 aromatic rings. The molecule has 0 saturated heterocycles. The maximum absolute atomic E-state index is 11.1. The summed E-state index contributed by atoms with van der Waals surface area (Å²) in [6.45, 7) is 0. The Morgan fingerprint density at radius 3 is 2.45 bits per heavy atom. The topological polar surface area (TPSA) is 22.0 Å². The van der Waals surface area contributed by atoms with Crippen LogP contribution in [0, 0.1) is 6.20 Å². The largest absolute Gasteiger partial charge is 0.283 e. The van der Waals surface area contributed by atoms with Crippen molar-refractivity contribution in [3.8, 4) is 0 Å². The first-order valence-corrected chi connectivity index (χ1v) is 3.82. The Hall–Kier alpha value is -0.180. The van der Waals surface area contributed by atoms with Crippen molar-refractivity contribution in [1.29, 1.82) is 0 Å². The van der Waals surface area contributed by atoms with Crippen molar-refractivity contribution >= 4 is 40.7 Å². The molecule has 5 heteroatoms. The molecule has 0 saturated carbocycles. The zero-order chi connectivity index (χ0) is 8.48. The van der Waals surface area contributed by atoms with Crippen LogP contribution in [0.4, 0.5) is 0 Å². The molecule has 59 valence electrons. The Balaban J connectivity index is 2.88. The van der Waals surface area contributed by atoms with Crippen LogP contribution in [0.1, 0.15) is 4.79 Å². The molecule has 0 aliphatic rings. The summed E-state index contributed by atoms with van der Waals surface area (Å²) in [5, 5.41) is 0. The molecule has 1 rings (SSSR count). The third-order valence-corrected chi connectivity index (χ3v) is 1.49. The van der Waals surface area contributed by atoms with E-state index in [1.807, 2.05) is 0 Å². The number of carbonyl (C=O) groups is 1. The minimum Gasteiger partial charge on any atom is -0.282 e. The molecule has 0 amide bonds. The van der Waals surface area contributed by atoms with E-state index in [-0.39, 0.29) is 0 Å². The van der Waals surface area contributed by atoms with Crippen molar-refractivity contribution in [1.82, 2.24) is 4.57 Å². The lowest BCUT2D eigenvalue weighted by atomic mass is 10.6. The molecule has 2 nitrogen and oxygen atoms in total. The van der Waals surface area contributed by atoms with E-state index in [9.17, 15) is 4.79 Å². The fourth-order valence-electron chi connectivity index (χ4n) is 0.558. The minimum absolute atomic E-state index is 0.632. The SMILES string of the molecule is O=C(n1[c]ccc1)C(Cl)(Cl)Cl. The molecule has 0 N–H and O–H groups in total. The molecular formula is C6H3Cl3NO. The van der Waals surface area contributed by atoms with Gasteiger partial charge in [0.15, 0.2) is 0 Å². The van der Waals surface area contributed by atoms with Crippen LogP contribution in [0.5, 0.6) is 0 Å². The highest BCUT2D eigenvalue weighted by atomic mass is 35.6. The molecule has 0 unspecified atom stereocenters. The summed E-state index contributed by atoms with van der Waals surface area (Å²) in [6, 6.07) is 3.17. The van der Waals surface area contributed by atoms with E-state index in [0.29, 0.717) is 0 Å². The van der Waals surface area contributed by atoms with Crippen molar-refractivity contribution in [3.05, 3.63) is 24.5 Å². The molecule has 0 bridgehead atoms. The first-order chi connectivity index (χ1) is 5.02. The van der Waals surface area contributed by atoms with Gasteiger partial charge < -0.3 is 0 Å². The Bertz CT molecular complexity index is 249. The van der Waals surface area contributed by atoms with Crippen molar-refractivity contribution in [2.24, 2.45) is 0 Å². The lowest BCUT2D eigenvalue weighted by Gasteiger charge is -2.08. The number of hydrogen-bond acceptors (Lipinski definition) is 1. The molecular weight excluding hydrogens is 208 g/mol. The lowest BCUT2D eigenvalue weighted by Crippen LogP contribution is -2.24. The van der Waals surface area contributed by atoms with E-state index in [1.165, 1.54) is 6.20 Å². The van der Waals surface area contributed by atoms with Gasteiger partial charge >= 0.3 is 0 Å². The van der Waals surface area contributed by atoms with E-state index >= 15 is 0 Å². The normalized spacial score (nSPS) is 11.5. The number of nitrogens with zero attached hydrogens (tertiary/aromatic N) is 1. The van der Waals surface area contributed by atoms with E-state index in [2.05, 4.69) is 6.20 Å². The van der Waals surface area contributed by atoms with Crippen LogP contribution < -0.4 is 0 Å². The Morgan fingerprint density at radius 2 is 2.09 bits per heavy atom. The van der Waals surface area contributed by atoms with E-state index in [4.69, 9.17) is 34.8 Å². The maximum Gasteiger partial charge on any atom is 0.283 e. The van der Waals surface area contributed by atoms with Gasteiger partial charge in [0.25, 0.3) is 9.70 Å². The Labute approximate surface area is 78.7 Å². The van der Waals surface area contributed by atoms with Gasteiger partial charge in [-0.05, 0) is 12.1 Å². The first kappa shape index (κ1) is 8.91. The quantitative estimate of drug-likeness (QED) is 0.604. The smallest absolute Gasteiger partial charge is 0.282 e. The van der Waals surface area contributed by atoms with Gasteiger partial charge in [0.1, 0.15) is 0 Å². The predicted octanol–water partition coefficient (Wildman–Crippen LogP) is 2.30. The van der Waals surface area contributed by atoms with E-state index in [1.54, 1.807) is 12.1 Å². The Kier molecular flexibility index (Phi) is 2.47. The van der Waals surface area contributed by atoms with Crippen molar-refractivity contribution < 1.29 is 4.79 Å². The van der Waals surface area contributed by atoms with Crippen LogP contribution in [0.25, 0.3) is 0 Å². The van der Waals surface area contributed by atoms with Gasteiger partial charge in [0, 0.05) is 6.20 Å². The highest BCUT2D eigenvalue weighted by Crippen LogP contribution is 2.27. The van der Waals surface area contributed by atoms with E-state index in [0.717, 1.165) is 4.57 Å². The minimum atomic E-state index is -1.91. The van der Waals surface area contributed by atoms with Crippen molar-refractivity contribution in [3.63, 3.8) is 0 Å². The zero-order valence-electron chi connectivity index (χ0n) is 5.22. The van der Waals surface area contributed by atoms with Crippen LogP contribution in [-0.2, 0) is 0 Å². The Morgan fingerprint density at radius 1 is 1.45 bits per heavy atom. The molecule has 1 heterocycles. The number of halogens is 3. The molecule has 0 aromatic carbocycles. The standard InChI is InChI=1S/C6H3Cl3NO/c7-6(8,9)5(11)10-3-1-2-4-10/h1-3H. The molecule has 0 spiro atoms. The molecule has 0 fully saturated rings. The number of alkyl halides is 3. The third-order valence-electron chi connectivity index (χ3n) is 1.01. The number of carbonyl (C=O) groups excluding carboxylic acids is 1. The maximum atomic E-state index is 11.1. The van der Waals surface area contributed by atoms with Crippen LogP contribution in [0.2, 0.25) is 0 Å². The fourth-order valence-corrected chi connectivity index (χ4v) is 0.832. The molecule has 11 heavy (non-hydrogen) atoms. The van der Waals surface area contributed by atoms with Crippen LogP contribution in [0.15, 0.2) is 18.3 Å². The summed E-state index contributed by atoms with van der Waals surface area (Å²) >= 11 is 15.9. The summed E-state index contributed by atoms with van der Waals surface area (Å²) in [6.07, 6.45) is 4.02. The molecule has 0 aliphatic carbocycles. The van der Waals surface area contributed by atoms with Gasteiger partial charge in [-0.1, -0.05) is 34.8 Å². The van der Waals surface area contributed by atoms with E-state index < -0.39 is 9.70 Å². The first-order valence-electron chi connectivity index (χ1n) is 2.68. The zero-order valence-corrected chi connectivity index (χ0v) is 7.49.